The van der Waals surface area contributed by atoms with E-state index < -0.39 is 0 Å². The van der Waals surface area contributed by atoms with Crippen LogP contribution >= 0.6 is 11.8 Å². The second kappa shape index (κ2) is 5.95. The van der Waals surface area contributed by atoms with Crippen LogP contribution in [0.15, 0.2) is 17.3 Å². The molecule has 0 atom stereocenters. The molecule has 1 aromatic heterocycles. The number of aromatic nitrogens is 2. The summed E-state index contributed by atoms with van der Waals surface area (Å²) >= 11 is 1.97. The highest BCUT2D eigenvalue weighted by Crippen LogP contribution is 2.08. The van der Waals surface area contributed by atoms with E-state index in [-0.39, 0.29) is 0 Å². The highest BCUT2D eigenvalue weighted by molar-refractivity contribution is 7.99. The molecule has 0 radical (unpaired) electrons. The van der Waals surface area contributed by atoms with Crippen LogP contribution in [0.5, 0.6) is 0 Å². The number of nitrogens with zero attached hydrogens (tertiary/aromatic N) is 4. The van der Waals surface area contributed by atoms with Gasteiger partial charge in [0.05, 0.1) is 5.69 Å². The lowest BCUT2D eigenvalue weighted by molar-refractivity contribution is 0.456. The Balaban J connectivity index is 1.79. The first kappa shape index (κ1) is 12.3. The van der Waals surface area contributed by atoms with Gasteiger partial charge >= 0.3 is 0 Å². The van der Waals surface area contributed by atoms with Crippen molar-refractivity contribution in [1.29, 1.82) is 0 Å². The lowest BCUT2D eigenvalue weighted by Crippen LogP contribution is -2.42. The maximum atomic E-state index is 5.96. The molecule has 1 saturated heterocycles. The molecule has 0 bridgehead atoms. The minimum absolute atomic E-state index is 0.682. The van der Waals surface area contributed by atoms with E-state index in [1.807, 2.05) is 35.8 Å². The number of rotatable bonds is 3. The van der Waals surface area contributed by atoms with E-state index in [9.17, 15) is 0 Å². The van der Waals surface area contributed by atoms with E-state index in [0.29, 0.717) is 12.5 Å². The van der Waals surface area contributed by atoms with Crippen molar-refractivity contribution in [3.05, 3.63) is 18.0 Å². The van der Waals surface area contributed by atoms with Gasteiger partial charge in [-0.2, -0.15) is 16.9 Å². The minimum Gasteiger partial charge on any atom is -0.370 e. The molecule has 1 aliphatic heterocycles. The second-order valence-corrected chi connectivity index (χ2v) is 5.29. The Hall–Kier alpha value is -1.17. The van der Waals surface area contributed by atoms with Crippen molar-refractivity contribution in [2.45, 2.75) is 6.42 Å². The Morgan fingerprint density at radius 1 is 1.53 bits per heavy atom. The molecule has 1 fully saturated rings. The molecule has 0 aliphatic carbocycles. The number of nitrogens with two attached hydrogens (primary N) is 1. The van der Waals surface area contributed by atoms with Crippen LogP contribution in [0, 0.1) is 0 Å². The summed E-state index contributed by atoms with van der Waals surface area (Å²) in [7, 11) is 1.92. The standard InChI is InChI=1S/C11H19N5S/c1-15-5-3-10(14-15)2-4-13-11(12)16-6-8-17-9-7-16/h3,5H,2,4,6-9H2,1H3,(H2,12,13). The van der Waals surface area contributed by atoms with Gasteiger partial charge in [0.15, 0.2) is 5.96 Å². The quantitative estimate of drug-likeness (QED) is 0.623. The fraction of sp³-hybridized carbons (Fsp3) is 0.636. The number of hydrogen-bond acceptors (Lipinski definition) is 3. The molecule has 1 aliphatic rings. The van der Waals surface area contributed by atoms with Gasteiger partial charge < -0.3 is 10.6 Å². The van der Waals surface area contributed by atoms with E-state index in [1.165, 1.54) is 0 Å². The average Bonchev–Trinajstić information content (AvgIpc) is 2.76. The zero-order valence-corrected chi connectivity index (χ0v) is 11.0. The number of hydrogen-bond donors (Lipinski definition) is 1. The van der Waals surface area contributed by atoms with E-state index in [0.717, 1.165) is 36.7 Å². The van der Waals surface area contributed by atoms with Crippen LogP contribution in [-0.4, -0.2) is 51.8 Å². The van der Waals surface area contributed by atoms with Crippen molar-refractivity contribution in [2.24, 2.45) is 17.8 Å². The third-order valence-corrected chi connectivity index (χ3v) is 3.69. The van der Waals surface area contributed by atoms with Crippen LogP contribution in [0.2, 0.25) is 0 Å². The van der Waals surface area contributed by atoms with Gasteiger partial charge in [0.2, 0.25) is 0 Å². The Morgan fingerprint density at radius 2 is 2.29 bits per heavy atom. The molecule has 5 nitrogen and oxygen atoms in total. The Kier molecular flexibility index (Phi) is 4.30. The SMILES string of the molecule is Cn1ccc(CCN=C(N)N2CCSCC2)n1. The van der Waals surface area contributed by atoms with Crippen LogP contribution in [0.4, 0.5) is 0 Å². The number of guanidine groups is 1. The third kappa shape index (κ3) is 3.66. The molecular formula is C11H19N5S. The zero-order chi connectivity index (χ0) is 12.1. The minimum atomic E-state index is 0.682. The maximum absolute atomic E-state index is 5.96. The van der Waals surface area contributed by atoms with Crippen LogP contribution in [-0.2, 0) is 13.5 Å². The van der Waals surface area contributed by atoms with Gasteiger partial charge in [0, 0.05) is 50.8 Å². The summed E-state index contributed by atoms with van der Waals surface area (Å²) in [6.45, 7) is 2.75. The van der Waals surface area contributed by atoms with Crippen molar-refractivity contribution >= 4 is 17.7 Å². The summed E-state index contributed by atoms with van der Waals surface area (Å²) in [6.07, 6.45) is 2.80. The molecule has 94 valence electrons. The van der Waals surface area contributed by atoms with Crippen molar-refractivity contribution in [3.8, 4) is 0 Å². The summed E-state index contributed by atoms with van der Waals surface area (Å²) in [5, 5.41) is 4.31. The van der Waals surface area contributed by atoms with Gasteiger partial charge in [0.1, 0.15) is 0 Å². The van der Waals surface area contributed by atoms with Crippen molar-refractivity contribution in [1.82, 2.24) is 14.7 Å². The van der Waals surface area contributed by atoms with Crippen molar-refractivity contribution in [3.63, 3.8) is 0 Å². The third-order valence-electron chi connectivity index (χ3n) is 2.75. The van der Waals surface area contributed by atoms with Crippen LogP contribution in [0.1, 0.15) is 5.69 Å². The smallest absolute Gasteiger partial charge is 0.191 e. The second-order valence-electron chi connectivity index (χ2n) is 4.07. The molecule has 2 heterocycles. The normalized spacial score (nSPS) is 17.5. The molecule has 2 rings (SSSR count). The Labute approximate surface area is 106 Å². The molecule has 1 aromatic rings. The maximum Gasteiger partial charge on any atom is 0.191 e. The van der Waals surface area contributed by atoms with E-state index >= 15 is 0 Å². The van der Waals surface area contributed by atoms with Crippen molar-refractivity contribution < 1.29 is 0 Å². The highest BCUT2D eigenvalue weighted by atomic mass is 32.2. The largest absolute Gasteiger partial charge is 0.370 e. The van der Waals surface area contributed by atoms with Gasteiger partial charge in [-0.25, -0.2) is 0 Å². The molecular weight excluding hydrogens is 234 g/mol. The molecule has 17 heavy (non-hydrogen) atoms. The summed E-state index contributed by atoms with van der Waals surface area (Å²) in [4.78, 5) is 6.58. The Bertz CT molecular complexity index is 381. The van der Waals surface area contributed by atoms with Gasteiger partial charge in [-0.05, 0) is 6.07 Å². The van der Waals surface area contributed by atoms with Crippen LogP contribution < -0.4 is 5.73 Å². The van der Waals surface area contributed by atoms with Crippen molar-refractivity contribution in [2.75, 3.05) is 31.1 Å². The monoisotopic (exact) mass is 253 g/mol. The number of aliphatic imine (C=N–C) groups is 1. The first-order valence-electron chi connectivity index (χ1n) is 5.87. The zero-order valence-electron chi connectivity index (χ0n) is 10.2. The fourth-order valence-corrected chi connectivity index (χ4v) is 2.68. The lowest BCUT2D eigenvalue weighted by atomic mass is 10.3. The highest BCUT2D eigenvalue weighted by Gasteiger charge is 2.11. The number of aryl methyl sites for hydroxylation is 1. The molecule has 0 unspecified atom stereocenters. The summed E-state index contributed by atoms with van der Waals surface area (Å²) in [5.41, 5.74) is 7.03. The van der Waals surface area contributed by atoms with E-state index in [1.54, 1.807) is 0 Å². The molecule has 0 saturated carbocycles. The molecule has 6 heteroatoms. The first-order chi connectivity index (χ1) is 8.25. The van der Waals surface area contributed by atoms with E-state index in [2.05, 4.69) is 15.0 Å². The van der Waals surface area contributed by atoms with Crippen LogP contribution in [0.25, 0.3) is 0 Å². The van der Waals surface area contributed by atoms with E-state index in [4.69, 9.17) is 5.73 Å². The van der Waals surface area contributed by atoms with Gasteiger partial charge in [-0.1, -0.05) is 0 Å². The van der Waals surface area contributed by atoms with Gasteiger partial charge in [-0.3, -0.25) is 9.67 Å². The first-order valence-corrected chi connectivity index (χ1v) is 7.02. The molecule has 0 amide bonds. The molecule has 2 N–H and O–H groups in total. The number of thioether (sulfide) groups is 1. The lowest BCUT2D eigenvalue weighted by Gasteiger charge is -2.27. The topological polar surface area (TPSA) is 59.4 Å². The van der Waals surface area contributed by atoms with Crippen LogP contribution in [0.3, 0.4) is 0 Å². The van der Waals surface area contributed by atoms with Gasteiger partial charge in [0.25, 0.3) is 0 Å². The molecule has 0 aromatic carbocycles. The molecule has 0 spiro atoms. The average molecular weight is 253 g/mol. The summed E-state index contributed by atoms with van der Waals surface area (Å²) in [6, 6.07) is 2.02. The Morgan fingerprint density at radius 3 is 2.94 bits per heavy atom. The fourth-order valence-electron chi connectivity index (χ4n) is 1.77. The summed E-state index contributed by atoms with van der Waals surface area (Å²) < 4.78 is 1.81. The predicted octanol–water partition coefficient (Wildman–Crippen LogP) is 0.326. The summed E-state index contributed by atoms with van der Waals surface area (Å²) in [5.74, 6) is 2.98. The predicted molar refractivity (Wildman–Crippen MR) is 72.3 cm³/mol. The van der Waals surface area contributed by atoms with Gasteiger partial charge in [-0.15, -0.1) is 0 Å².